The van der Waals surface area contributed by atoms with Gasteiger partial charge in [0, 0.05) is 59.6 Å². The van der Waals surface area contributed by atoms with Crippen LogP contribution in [0.25, 0.3) is 21.0 Å². The van der Waals surface area contributed by atoms with Crippen LogP contribution in [0.3, 0.4) is 0 Å². The maximum absolute atomic E-state index is 13.9. The summed E-state index contributed by atoms with van der Waals surface area (Å²) in [5.74, 6) is 0.397. The zero-order chi connectivity index (χ0) is 19.8. The highest BCUT2D eigenvalue weighted by Crippen LogP contribution is 2.29. The second-order valence-corrected chi connectivity index (χ2v) is 8.70. The van der Waals surface area contributed by atoms with E-state index in [1.807, 2.05) is 18.2 Å². The average Bonchev–Trinajstić information content (AvgIpc) is 3.14. The molecule has 2 N–H and O–H groups in total. The molecule has 29 heavy (non-hydrogen) atoms. The Morgan fingerprint density at radius 2 is 1.72 bits per heavy atom. The standard InChI is InChI=1S/C22H22FN5S/c23-19-2-1-3-21-18(19)11-16(29-21)13-28-8-6-27(7-9-28)12-15-4-5-17-20(10-15)25-14-26-22(17)24/h1-5,10-11,14H,6-9,12-13H2,(H2,24,25,26). The summed E-state index contributed by atoms with van der Waals surface area (Å²) in [5, 5.41) is 1.65. The van der Waals surface area contributed by atoms with E-state index in [9.17, 15) is 4.39 Å². The smallest absolute Gasteiger partial charge is 0.134 e. The number of hydrogen-bond acceptors (Lipinski definition) is 6. The molecule has 5 rings (SSSR count). The molecule has 148 valence electrons. The van der Waals surface area contributed by atoms with Crippen LogP contribution in [0.15, 0.2) is 48.8 Å². The first-order chi connectivity index (χ1) is 14.2. The normalized spacial score (nSPS) is 16.0. The summed E-state index contributed by atoms with van der Waals surface area (Å²) in [6, 6.07) is 13.5. The van der Waals surface area contributed by atoms with Crippen molar-refractivity contribution in [2.45, 2.75) is 13.1 Å². The number of hydrogen-bond donors (Lipinski definition) is 1. The largest absolute Gasteiger partial charge is 0.383 e. The molecule has 0 amide bonds. The maximum atomic E-state index is 13.9. The fourth-order valence-corrected chi connectivity index (χ4v) is 5.08. The second kappa shape index (κ2) is 7.67. The number of benzene rings is 2. The molecular weight excluding hydrogens is 385 g/mol. The van der Waals surface area contributed by atoms with E-state index in [0.717, 1.165) is 60.3 Å². The lowest BCUT2D eigenvalue weighted by Crippen LogP contribution is -2.45. The summed E-state index contributed by atoms with van der Waals surface area (Å²) in [5.41, 5.74) is 8.05. The van der Waals surface area contributed by atoms with E-state index >= 15 is 0 Å². The van der Waals surface area contributed by atoms with Gasteiger partial charge in [0.2, 0.25) is 0 Å². The van der Waals surface area contributed by atoms with Gasteiger partial charge in [0.25, 0.3) is 0 Å². The number of thiophene rings is 1. The van der Waals surface area contributed by atoms with E-state index < -0.39 is 0 Å². The Hall–Kier alpha value is -2.61. The molecule has 0 saturated carbocycles. The predicted molar refractivity (Wildman–Crippen MR) is 116 cm³/mol. The van der Waals surface area contributed by atoms with Gasteiger partial charge >= 0.3 is 0 Å². The molecule has 4 aromatic rings. The Labute approximate surface area is 172 Å². The number of aromatic nitrogens is 2. The van der Waals surface area contributed by atoms with Crippen LogP contribution in [0.2, 0.25) is 0 Å². The Kier molecular flexibility index (Phi) is 4.87. The summed E-state index contributed by atoms with van der Waals surface area (Å²) in [6.45, 7) is 5.85. The molecule has 0 aliphatic carbocycles. The lowest BCUT2D eigenvalue weighted by atomic mass is 10.1. The van der Waals surface area contributed by atoms with Crippen LogP contribution in [-0.2, 0) is 13.1 Å². The number of nitrogens with zero attached hydrogens (tertiary/aromatic N) is 4. The van der Waals surface area contributed by atoms with E-state index in [-0.39, 0.29) is 5.82 Å². The number of anilines is 1. The van der Waals surface area contributed by atoms with E-state index in [4.69, 9.17) is 5.73 Å². The van der Waals surface area contributed by atoms with Crippen molar-refractivity contribution in [3.05, 3.63) is 65.0 Å². The van der Waals surface area contributed by atoms with Gasteiger partial charge in [-0.2, -0.15) is 0 Å². The topological polar surface area (TPSA) is 58.3 Å². The number of nitrogen functional groups attached to an aromatic ring is 1. The molecule has 0 radical (unpaired) electrons. The van der Waals surface area contributed by atoms with Gasteiger partial charge in [-0.25, -0.2) is 14.4 Å². The van der Waals surface area contributed by atoms with Crippen molar-refractivity contribution in [2.75, 3.05) is 31.9 Å². The van der Waals surface area contributed by atoms with Gasteiger partial charge < -0.3 is 5.73 Å². The predicted octanol–water partition coefficient (Wildman–Crippen LogP) is 3.88. The van der Waals surface area contributed by atoms with Crippen LogP contribution in [-0.4, -0.2) is 45.9 Å². The van der Waals surface area contributed by atoms with E-state index in [1.54, 1.807) is 17.4 Å². The van der Waals surface area contributed by atoms with E-state index in [0.29, 0.717) is 5.82 Å². The fourth-order valence-electron chi connectivity index (χ4n) is 3.96. The minimum Gasteiger partial charge on any atom is -0.383 e. The molecule has 2 aromatic carbocycles. The molecule has 5 nitrogen and oxygen atoms in total. The first-order valence-electron chi connectivity index (χ1n) is 9.76. The van der Waals surface area contributed by atoms with Crippen LogP contribution in [0.5, 0.6) is 0 Å². The highest BCUT2D eigenvalue weighted by Gasteiger charge is 2.18. The van der Waals surface area contributed by atoms with Gasteiger partial charge in [-0.3, -0.25) is 9.80 Å². The molecule has 7 heteroatoms. The molecule has 0 unspecified atom stereocenters. The number of fused-ring (bicyclic) bond motifs is 2. The molecule has 2 aromatic heterocycles. The Morgan fingerprint density at radius 1 is 0.931 bits per heavy atom. The molecule has 1 fully saturated rings. The van der Waals surface area contributed by atoms with Crippen molar-refractivity contribution < 1.29 is 4.39 Å². The monoisotopic (exact) mass is 407 g/mol. The van der Waals surface area contributed by atoms with E-state index in [2.05, 4.69) is 31.9 Å². The zero-order valence-electron chi connectivity index (χ0n) is 16.0. The average molecular weight is 408 g/mol. The van der Waals surface area contributed by atoms with Gasteiger partial charge in [-0.15, -0.1) is 11.3 Å². The first-order valence-corrected chi connectivity index (χ1v) is 10.6. The number of piperazine rings is 1. The Balaban J connectivity index is 1.20. The highest BCUT2D eigenvalue weighted by molar-refractivity contribution is 7.19. The van der Waals surface area contributed by atoms with Crippen LogP contribution in [0, 0.1) is 5.82 Å². The lowest BCUT2D eigenvalue weighted by Gasteiger charge is -2.34. The molecule has 0 spiro atoms. The Bertz CT molecular complexity index is 1170. The van der Waals surface area contributed by atoms with Crippen LogP contribution in [0.1, 0.15) is 10.4 Å². The highest BCUT2D eigenvalue weighted by atomic mass is 32.1. The fraction of sp³-hybridized carbons (Fsp3) is 0.273. The lowest BCUT2D eigenvalue weighted by molar-refractivity contribution is 0.123. The van der Waals surface area contributed by atoms with Gasteiger partial charge in [0.15, 0.2) is 0 Å². The van der Waals surface area contributed by atoms with Crippen molar-refractivity contribution in [2.24, 2.45) is 0 Å². The molecule has 1 aliphatic rings. The minimum atomic E-state index is -0.128. The number of halogens is 1. The first kappa shape index (κ1) is 18.4. The molecule has 3 heterocycles. The third-order valence-corrected chi connectivity index (χ3v) is 6.63. The molecule has 0 atom stereocenters. The third kappa shape index (κ3) is 3.81. The molecular formula is C22H22FN5S. The van der Waals surface area contributed by atoms with Crippen LogP contribution >= 0.6 is 11.3 Å². The quantitative estimate of drug-likeness (QED) is 0.556. The molecule has 1 aliphatic heterocycles. The molecule has 0 bridgehead atoms. The van der Waals surface area contributed by atoms with Crippen molar-refractivity contribution in [3.63, 3.8) is 0 Å². The second-order valence-electron chi connectivity index (χ2n) is 7.53. The summed E-state index contributed by atoms with van der Waals surface area (Å²) in [4.78, 5) is 14.5. The third-order valence-electron chi connectivity index (χ3n) is 5.54. The van der Waals surface area contributed by atoms with Crippen molar-refractivity contribution in [1.82, 2.24) is 19.8 Å². The minimum absolute atomic E-state index is 0.128. The van der Waals surface area contributed by atoms with Crippen LogP contribution in [0.4, 0.5) is 10.2 Å². The van der Waals surface area contributed by atoms with Gasteiger partial charge in [0.05, 0.1) is 5.52 Å². The zero-order valence-corrected chi connectivity index (χ0v) is 16.8. The summed E-state index contributed by atoms with van der Waals surface area (Å²) in [6.07, 6.45) is 1.51. The molecule has 1 saturated heterocycles. The SMILES string of the molecule is Nc1ncnc2cc(CN3CCN(Cc4cc5c(F)cccc5s4)CC3)ccc12. The summed E-state index contributed by atoms with van der Waals surface area (Å²) < 4.78 is 15.0. The van der Waals surface area contributed by atoms with Crippen molar-refractivity contribution >= 4 is 38.1 Å². The maximum Gasteiger partial charge on any atom is 0.134 e. The Morgan fingerprint density at radius 3 is 2.52 bits per heavy atom. The van der Waals surface area contributed by atoms with Crippen LogP contribution < -0.4 is 5.73 Å². The van der Waals surface area contributed by atoms with Gasteiger partial charge in [-0.1, -0.05) is 12.1 Å². The van der Waals surface area contributed by atoms with Crippen molar-refractivity contribution in [1.29, 1.82) is 0 Å². The number of rotatable bonds is 4. The van der Waals surface area contributed by atoms with Crippen molar-refractivity contribution in [3.8, 4) is 0 Å². The number of nitrogens with two attached hydrogens (primary N) is 1. The van der Waals surface area contributed by atoms with Gasteiger partial charge in [0.1, 0.15) is 18.0 Å². The van der Waals surface area contributed by atoms with E-state index in [1.165, 1.54) is 22.8 Å². The van der Waals surface area contributed by atoms with Gasteiger partial charge in [-0.05, 0) is 35.9 Å². The summed E-state index contributed by atoms with van der Waals surface area (Å²) in [7, 11) is 0. The summed E-state index contributed by atoms with van der Waals surface area (Å²) >= 11 is 1.69.